The van der Waals surface area contributed by atoms with E-state index in [1.165, 1.54) is 0 Å². The third-order valence-corrected chi connectivity index (χ3v) is 3.18. The lowest BCUT2D eigenvalue weighted by molar-refractivity contribution is 0.0995. The van der Waals surface area contributed by atoms with Gasteiger partial charge in [-0.1, -0.05) is 0 Å². The van der Waals surface area contributed by atoms with Crippen LogP contribution >= 0.6 is 0 Å². The van der Waals surface area contributed by atoms with Crippen molar-refractivity contribution >= 4 is 11.6 Å². The molecular formula is C12H20N4O. The average Bonchev–Trinajstić information content (AvgIpc) is 2.78. The molecule has 2 unspecified atom stereocenters. The van der Waals surface area contributed by atoms with Gasteiger partial charge in [-0.05, 0) is 33.6 Å². The lowest BCUT2D eigenvalue weighted by Crippen LogP contribution is -2.31. The number of hydrogen-bond acceptors (Lipinski definition) is 5. The molecule has 0 spiro atoms. The molecular weight excluding hydrogens is 216 g/mol. The van der Waals surface area contributed by atoms with Gasteiger partial charge in [0, 0.05) is 12.2 Å². The smallest absolute Gasteiger partial charge is 0.135 e. The summed E-state index contributed by atoms with van der Waals surface area (Å²) in [7, 11) is 0. The summed E-state index contributed by atoms with van der Waals surface area (Å²) >= 11 is 0. The van der Waals surface area contributed by atoms with Crippen LogP contribution in [0.3, 0.4) is 0 Å². The van der Waals surface area contributed by atoms with Crippen molar-refractivity contribution in [3.8, 4) is 0 Å². The third-order valence-electron chi connectivity index (χ3n) is 3.18. The topological polar surface area (TPSA) is 73.1 Å². The maximum Gasteiger partial charge on any atom is 0.135 e. The van der Waals surface area contributed by atoms with Crippen LogP contribution in [0.4, 0.5) is 11.6 Å². The Kier molecular flexibility index (Phi) is 3.47. The summed E-state index contributed by atoms with van der Waals surface area (Å²) in [5, 5.41) is 3.38. The number of nitrogens with zero attached hydrogens (tertiary/aromatic N) is 2. The summed E-state index contributed by atoms with van der Waals surface area (Å²) in [6.45, 7) is 6.75. The molecule has 1 aliphatic rings. The zero-order valence-electron chi connectivity index (χ0n) is 10.7. The maximum atomic E-state index is 5.83. The Bertz CT molecular complexity index is 402. The molecule has 1 aliphatic heterocycles. The minimum atomic E-state index is 0.241. The monoisotopic (exact) mass is 236 g/mol. The minimum Gasteiger partial charge on any atom is -0.383 e. The minimum absolute atomic E-state index is 0.241. The predicted molar refractivity (Wildman–Crippen MR) is 68.0 cm³/mol. The number of aryl methyl sites for hydroxylation is 1. The number of aromatic nitrogens is 2. The van der Waals surface area contributed by atoms with Gasteiger partial charge in [0.05, 0.1) is 12.1 Å². The number of rotatable bonds is 3. The van der Waals surface area contributed by atoms with E-state index in [1.54, 1.807) is 0 Å². The molecule has 2 atom stereocenters. The highest BCUT2D eigenvalue weighted by molar-refractivity contribution is 5.55. The van der Waals surface area contributed by atoms with Crippen molar-refractivity contribution in [1.82, 2.24) is 9.97 Å². The quantitative estimate of drug-likeness (QED) is 0.835. The van der Waals surface area contributed by atoms with Gasteiger partial charge in [0.1, 0.15) is 17.5 Å². The SMILES string of the molecule is Cc1nc(N)c(C)c(NC(C)C2CCCO2)n1. The van der Waals surface area contributed by atoms with Gasteiger partial charge in [-0.3, -0.25) is 0 Å². The van der Waals surface area contributed by atoms with Gasteiger partial charge in [-0.15, -0.1) is 0 Å². The number of nitrogens with one attached hydrogen (secondary N) is 1. The van der Waals surface area contributed by atoms with Gasteiger partial charge >= 0.3 is 0 Å². The van der Waals surface area contributed by atoms with E-state index in [-0.39, 0.29) is 12.1 Å². The van der Waals surface area contributed by atoms with E-state index in [0.717, 1.165) is 30.8 Å². The van der Waals surface area contributed by atoms with Crippen molar-refractivity contribution in [3.63, 3.8) is 0 Å². The lowest BCUT2D eigenvalue weighted by atomic mass is 10.1. The molecule has 0 bridgehead atoms. The van der Waals surface area contributed by atoms with Crippen molar-refractivity contribution in [2.75, 3.05) is 17.7 Å². The summed E-state index contributed by atoms with van der Waals surface area (Å²) in [6, 6.07) is 0.241. The fraction of sp³-hybridized carbons (Fsp3) is 0.667. The molecule has 1 aromatic rings. The van der Waals surface area contributed by atoms with Crippen molar-refractivity contribution < 1.29 is 4.74 Å². The Labute approximate surface area is 102 Å². The summed E-state index contributed by atoms with van der Waals surface area (Å²) in [5.41, 5.74) is 6.73. The molecule has 3 N–H and O–H groups in total. The second kappa shape index (κ2) is 4.87. The molecule has 5 nitrogen and oxygen atoms in total. The normalized spacial score (nSPS) is 21.5. The van der Waals surface area contributed by atoms with E-state index >= 15 is 0 Å². The first-order chi connectivity index (χ1) is 8.08. The Morgan fingerprint density at radius 1 is 1.41 bits per heavy atom. The zero-order valence-corrected chi connectivity index (χ0v) is 10.7. The van der Waals surface area contributed by atoms with Crippen LogP contribution in [0, 0.1) is 13.8 Å². The Balaban J connectivity index is 2.12. The van der Waals surface area contributed by atoms with Crippen LogP contribution in [0.15, 0.2) is 0 Å². The molecule has 0 saturated carbocycles. The van der Waals surface area contributed by atoms with Crippen LogP contribution in [0.25, 0.3) is 0 Å². The van der Waals surface area contributed by atoms with Crippen molar-refractivity contribution in [3.05, 3.63) is 11.4 Å². The molecule has 1 aromatic heterocycles. The molecule has 1 saturated heterocycles. The Hall–Kier alpha value is -1.36. The number of ether oxygens (including phenoxy) is 1. The molecule has 0 radical (unpaired) electrons. The van der Waals surface area contributed by atoms with Crippen molar-refractivity contribution in [2.24, 2.45) is 0 Å². The van der Waals surface area contributed by atoms with E-state index in [0.29, 0.717) is 11.6 Å². The molecule has 1 fully saturated rings. The predicted octanol–water partition coefficient (Wildman–Crippen LogP) is 1.66. The second-order valence-corrected chi connectivity index (χ2v) is 4.61. The summed E-state index contributed by atoms with van der Waals surface area (Å²) in [6.07, 6.45) is 2.51. The van der Waals surface area contributed by atoms with E-state index in [2.05, 4.69) is 22.2 Å². The van der Waals surface area contributed by atoms with Crippen molar-refractivity contribution in [1.29, 1.82) is 0 Å². The molecule has 0 aromatic carbocycles. The number of hydrogen-bond donors (Lipinski definition) is 2. The van der Waals surface area contributed by atoms with Crippen LogP contribution in [-0.2, 0) is 4.74 Å². The standard InChI is InChI=1S/C12H20N4O/c1-7-11(13)15-9(3)16-12(7)14-8(2)10-5-4-6-17-10/h8,10H,4-6H2,1-3H3,(H3,13,14,15,16). The highest BCUT2D eigenvalue weighted by Crippen LogP contribution is 2.22. The van der Waals surface area contributed by atoms with Gasteiger partial charge < -0.3 is 15.8 Å². The highest BCUT2D eigenvalue weighted by atomic mass is 16.5. The van der Waals surface area contributed by atoms with Crippen molar-refractivity contribution in [2.45, 2.75) is 45.8 Å². The van der Waals surface area contributed by atoms with Gasteiger partial charge in [0.25, 0.3) is 0 Å². The molecule has 0 amide bonds. The summed E-state index contributed by atoms with van der Waals surface area (Å²) in [5.74, 6) is 2.05. The summed E-state index contributed by atoms with van der Waals surface area (Å²) in [4.78, 5) is 8.52. The summed E-state index contributed by atoms with van der Waals surface area (Å²) < 4.78 is 5.65. The van der Waals surface area contributed by atoms with Crippen LogP contribution in [-0.4, -0.2) is 28.7 Å². The first-order valence-corrected chi connectivity index (χ1v) is 6.07. The van der Waals surface area contributed by atoms with Crippen LogP contribution in [0.2, 0.25) is 0 Å². The fourth-order valence-corrected chi connectivity index (χ4v) is 2.10. The first kappa shape index (κ1) is 12.1. The van der Waals surface area contributed by atoms with E-state index in [4.69, 9.17) is 10.5 Å². The van der Waals surface area contributed by atoms with Gasteiger partial charge in [0.15, 0.2) is 0 Å². The lowest BCUT2D eigenvalue weighted by Gasteiger charge is -2.22. The second-order valence-electron chi connectivity index (χ2n) is 4.61. The number of anilines is 2. The maximum absolute atomic E-state index is 5.83. The third kappa shape index (κ3) is 2.66. The fourth-order valence-electron chi connectivity index (χ4n) is 2.10. The molecule has 0 aliphatic carbocycles. The number of nitrogens with two attached hydrogens (primary N) is 1. The first-order valence-electron chi connectivity index (χ1n) is 6.07. The largest absolute Gasteiger partial charge is 0.383 e. The Morgan fingerprint density at radius 2 is 2.18 bits per heavy atom. The molecule has 17 heavy (non-hydrogen) atoms. The highest BCUT2D eigenvalue weighted by Gasteiger charge is 2.23. The molecule has 2 rings (SSSR count). The Morgan fingerprint density at radius 3 is 2.82 bits per heavy atom. The van der Waals surface area contributed by atoms with Gasteiger partial charge in [0.2, 0.25) is 0 Å². The van der Waals surface area contributed by atoms with Gasteiger partial charge in [-0.25, -0.2) is 9.97 Å². The molecule has 94 valence electrons. The van der Waals surface area contributed by atoms with E-state index in [9.17, 15) is 0 Å². The van der Waals surface area contributed by atoms with Gasteiger partial charge in [-0.2, -0.15) is 0 Å². The van der Waals surface area contributed by atoms with Crippen LogP contribution in [0.5, 0.6) is 0 Å². The van der Waals surface area contributed by atoms with Crippen LogP contribution < -0.4 is 11.1 Å². The van der Waals surface area contributed by atoms with Crippen LogP contribution in [0.1, 0.15) is 31.2 Å². The zero-order chi connectivity index (χ0) is 12.4. The average molecular weight is 236 g/mol. The number of nitrogen functional groups attached to an aromatic ring is 1. The van der Waals surface area contributed by atoms with E-state index in [1.807, 2.05) is 13.8 Å². The molecule has 5 heteroatoms. The van der Waals surface area contributed by atoms with E-state index < -0.39 is 0 Å². The molecule has 2 heterocycles.